The van der Waals surface area contributed by atoms with E-state index in [-0.39, 0.29) is 5.91 Å². The lowest BCUT2D eigenvalue weighted by Crippen LogP contribution is -2.43. The standard InChI is InChI=1S/C19H21N5OS2/c1-4-12-6-5-7-13(9-12)22-19(26)24-23-17(25)16-15(20)14-10(2)8-11(3)21-18(14)27-16/h5-9H,4,20H2,1-3H3,(H,23,25)(H2,22,24,26). The molecule has 1 aromatic carbocycles. The van der Waals surface area contributed by atoms with E-state index in [4.69, 9.17) is 18.0 Å². The maximum Gasteiger partial charge on any atom is 0.281 e. The molecule has 0 radical (unpaired) electrons. The van der Waals surface area contributed by atoms with Gasteiger partial charge < -0.3 is 11.1 Å². The molecular weight excluding hydrogens is 378 g/mol. The molecule has 0 unspecified atom stereocenters. The van der Waals surface area contributed by atoms with Gasteiger partial charge in [0.25, 0.3) is 5.91 Å². The number of pyridine rings is 1. The third kappa shape index (κ3) is 4.17. The number of nitrogens with one attached hydrogen (secondary N) is 3. The van der Waals surface area contributed by atoms with Gasteiger partial charge in [0.15, 0.2) is 5.11 Å². The summed E-state index contributed by atoms with van der Waals surface area (Å²) in [5.41, 5.74) is 15.9. The largest absolute Gasteiger partial charge is 0.397 e. The van der Waals surface area contributed by atoms with E-state index in [0.29, 0.717) is 15.7 Å². The molecule has 3 rings (SSSR count). The Hall–Kier alpha value is -2.71. The molecule has 0 saturated carbocycles. The van der Waals surface area contributed by atoms with Crippen molar-refractivity contribution in [3.8, 4) is 0 Å². The van der Waals surface area contributed by atoms with Gasteiger partial charge in [-0.05, 0) is 61.8 Å². The quantitative estimate of drug-likeness (QED) is 0.397. The number of fused-ring (bicyclic) bond motifs is 1. The molecule has 27 heavy (non-hydrogen) atoms. The Morgan fingerprint density at radius 3 is 2.78 bits per heavy atom. The summed E-state index contributed by atoms with van der Waals surface area (Å²) in [5.74, 6) is -0.348. The summed E-state index contributed by atoms with van der Waals surface area (Å²) in [4.78, 5) is 18.2. The fourth-order valence-corrected chi connectivity index (χ4v) is 4.12. The lowest BCUT2D eigenvalue weighted by molar-refractivity contribution is 0.0949. The number of hydrogen-bond donors (Lipinski definition) is 4. The number of amides is 1. The third-order valence-corrected chi connectivity index (χ3v) is 5.42. The Morgan fingerprint density at radius 2 is 2.04 bits per heavy atom. The molecular formula is C19H21N5OS2. The van der Waals surface area contributed by atoms with E-state index >= 15 is 0 Å². The van der Waals surface area contributed by atoms with Crippen LogP contribution in [0.2, 0.25) is 0 Å². The van der Waals surface area contributed by atoms with Gasteiger partial charge in [0.1, 0.15) is 9.71 Å². The molecule has 0 aliphatic rings. The van der Waals surface area contributed by atoms with E-state index in [2.05, 4.69) is 28.1 Å². The number of rotatable bonds is 3. The summed E-state index contributed by atoms with van der Waals surface area (Å²) in [6, 6.07) is 9.88. The van der Waals surface area contributed by atoms with E-state index in [0.717, 1.165) is 33.6 Å². The van der Waals surface area contributed by atoms with Crippen molar-refractivity contribution in [3.63, 3.8) is 0 Å². The summed E-state index contributed by atoms with van der Waals surface area (Å²) >= 11 is 6.51. The molecule has 6 nitrogen and oxygen atoms in total. The number of aryl methyl sites for hydroxylation is 3. The number of benzene rings is 1. The number of aromatic nitrogens is 1. The fraction of sp³-hybridized carbons (Fsp3) is 0.211. The first-order valence-electron chi connectivity index (χ1n) is 8.51. The van der Waals surface area contributed by atoms with Crippen molar-refractivity contribution in [1.82, 2.24) is 15.8 Å². The Morgan fingerprint density at radius 1 is 1.26 bits per heavy atom. The zero-order valence-corrected chi connectivity index (χ0v) is 17.0. The average Bonchev–Trinajstić information content (AvgIpc) is 2.96. The van der Waals surface area contributed by atoms with Crippen molar-refractivity contribution in [2.45, 2.75) is 27.2 Å². The first kappa shape index (κ1) is 19.1. The molecule has 2 heterocycles. The van der Waals surface area contributed by atoms with Gasteiger partial charge in [-0.1, -0.05) is 19.1 Å². The Kier molecular flexibility index (Phi) is 5.57. The van der Waals surface area contributed by atoms with Crippen LogP contribution in [0.15, 0.2) is 30.3 Å². The zero-order valence-electron chi connectivity index (χ0n) is 15.3. The van der Waals surface area contributed by atoms with Crippen molar-refractivity contribution in [1.29, 1.82) is 0 Å². The van der Waals surface area contributed by atoms with Crippen molar-refractivity contribution < 1.29 is 4.79 Å². The van der Waals surface area contributed by atoms with Crippen molar-refractivity contribution in [2.24, 2.45) is 0 Å². The Bertz CT molecular complexity index is 1030. The third-order valence-electron chi connectivity index (χ3n) is 4.11. The van der Waals surface area contributed by atoms with Gasteiger partial charge in [0.2, 0.25) is 0 Å². The first-order chi connectivity index (χ1) is 12.9. The number of hydrazine groups is 1. The van der Waals surface area contributed by atoms with Crippen LogP contribution in [0.4, 0.5) is 11.4 Å². The minimum absolute atomic E-state index is 0.293. The van der Waals surface area contributed by atoms with Crippen LogP contribution < -0.4 is 21.9 Å². The summed E-state index contributed by atoms with van der Waals surface area (Å²) in [6.07, 6.45) is 0.935. The maximum absolute atomic E-state index is 12.5. The number of nitrogen functional groups attached to an aromatic ring is 1. The second-order valence-electron chi connectivity index (χ2n) is 6.19. The van der Waals surface area contributed by atoms with Gasteiger partial charge >= 0.3 is 0 Å². The number of carbonyl (C=O) groups is 1. The lowest BCUT2D eigenvalue weighted by atomic mass is 10.1. The molecule has 8 heteroatoms. The number of nitrogens with zero attached hydrogens (tertiary/aromatic N) is 1. The Labute approximate surface area is 167 Å². The van der Waals surface area contributed by atoms with E-state index in [9.17, 15) is 4.79 Å². The van der Waals surface area contributed by atoms with E-state index in [1.54, 1.807) is 0 Å². The molecule has 0 spiro atoms. The molecule has 0 atom stereocenters. The minimum atomic E-state index is -0.348. The smallest absolute Gasteiger partial charge is 0.281 e. The Balaban J connectivity index is 1.68. The van der Waals surface area contributed by atoms with Crippen LogP contribution >= 0.6 is 23.6 Å². The highest BCUT2D eigenvalue weighted by atomic mass is 32.1. The van der Waals surface area contributed by atoms with Crippen LogP contribution in [0.1, 0.15) is 33.4 Å². The van der Waals surface area contributed by atoms with Crippen LogP contribution in [0.3, 0.4) is 0 Å². The SMILES string of the molecule is CCc1cccc(NC(=S)NNC(=O)c2sc3nc(C)cc(C)c3c2N)c1. The molecule has 5 N–H and O–H groups in total. The van der Waals surface area contributed by atoms with Crippen molar-refractivity contribution in [2.75, 3.05) is 11.1 Å². The van der Waals surface area contributed by atoms with E-state index < -0.39 is 0 Å². The second kappa shape index (κ2) is 7.89. The predicted molar refractivity (Wildman–Crippen MR) is 116 cm³/mol. The zero-order chi connectivity index (χ0) is 19.6. The molecule has 0 aliphatic carbocycles. The van der Waals surface area contributed by atoms with E-state index in [1.807, 2.05) is 44.2 Å². The van der Waals surface area contributed by atoms with Crippen LogP contribution in [0.25, 0.3) is 10.2 Å². The van der Waals surface area contributed by atoms with Gasteiger partial charge in [-0.15, -0.1) is 11.3 Å². The maximum atomic E-state index is 12.5. The monoisotopic (exact) mass is 399 g/mol. The van der Waals surface area contributed by atoms with Crippen LogP contribution in [-0.4, -0.2) is 16.0 Å². The van der Waals surface area contributed by atoms with Crippen molar-refractivity contribution in [3.05, 3.63) is 52.0 Å². The predicted octanol–water partition coefficient (Wildman–Crippen LogP) is 3.69. The van der Waals surface area contributed by atoms with Gasteiger partial charge in [-0.3, -0.25) is 15.6 Å². The average molecular weight is 400 g/mol. The molecule has 0 fully saturated rings. The summed E-state index contributed by atoms with van der Waals surface area (Å²) < 4.78 is 0. The number of thiocarbonyl (C=S) groups is 1. The number of anilines is 2. The molecule has 0 bridgehead atoms. The summed E-state index contributed by atoms with van der Waals surface area (Å²) in [6.45, 7) is 5.97. The molecule has 3 aromatic rings. The lowest BCUT2D eigenvalue weighted by Gasteiger charge is -2.12. The van der Waals surface area contributed by atoms with Crippen LogP contribution in [0.5, 0.6) is 0 Å². The number of hydrogen-bond acceptors (Lipinski definition) is 5. The molecule has 0 aliphatic heterocycles. The molecule has 0 saturated heterocycles. The highest BCUT2D eigenvalue weighted by Crippen LogP contribution is 2.34. The highest BCUT2D eigenvalue weighted by Gasteiger charge is 2.19. The fourth-order valence-electron chi connectivity index (χ4n) is 2.84. The van der Waals surface area contributed by atoms with Gasteiger partial charge in [0, 0.05) is 16.8 Å². The first-order valence-corrected chi connectivity index (χ1v) is 9.74. The number of nitrogens with two attached hydrogens (primary N) is 1. The van der Waals surface area contributed by atoms with Gasteiger partial charge in [-0.2, -0.15) is 0 Å². The van der Waals surface area contributed by atoms with Crippen molar-refractivity contribution >= 4 is 56.2 Å². The van der Waals surface area contributed by atoms with Gasteiger partial charge in [0.05, 0.1) is 5.69 Å². The molecule has 140 valence electrons. The summed E-state index contributed by atoms with van der Waals surface area (Å²) in [7, 11) is 0. The highest BCUT2D eigenvalue weighted by molar-refractivity contribution is 7.80. The topological polar surface area (TPSA) is 92.1 Å². The summed E-state index contributed by atoms with van der Waals surface area (Å²) in [5, 5.41) is 4.17. The number of carbonyl (C=O) groups excluding carboxylic acids is 1. The normalized spacial score (nSPS) is 10.6. The second-order valence-corrected chi connectivity index (χ2v) is 7.60. The molecule has 2 aromatic heterocycles. The van der Waals surface area contributed by atoms with Crippen LogP contribution in [0, 0.1) is 13.8 Å². The minimum Gasteiger partial charge on any atom is -0.397 e. The van der Waals surface area contributed by atoms with E-state index in [1.165, 1.54) is 16.9 Å². The van der Waals surface area contributed by atoms with Crippen LogP contribution in [-0.2, 0) is 6.42 Å². The van der Waals surface area contributed by atoms with Gasteiger partial charge in [-0.25, -0.2) is 4.98 Å². The molecule has 1 amide bonds. The number of thiophene rings is 1.